The number of hydrogen-bond acceptors (Lipinski definition) is 2. The highest BCUT2D eigenvalue weighted by atomic mass is 16.2. The van der Waals surface area contributed by atoms with E-state index in [4.69, 9.17) is 6.42 Å². The first-order valence-corrected chi connectivity index (χ1v) is 9.23. The lowest BCUT2D eigenvalue weighted by molar-refractivity contribution is -0.124. The zero-order chi connectivity index (χ0) is 16.9. The molecule has 24 heavy (non-hydrogen) atoms. The van der Waals surface area contributed by atoms with Crippen molar-refractivity contribution >= 4 is 5.91 Å². The van der Waals surface area contributed by atoms with Gasteiger partial charge in [-0.3, -0.25) is 9.69 Å². The van der Waals surface area contributed by atoms with Gasteiger partial charge in [-0.25, -0.2) is 0 Å². The van der Waals surface area contributed by atoms with Crippen molar-refractivity contribution in [3.8, 4) is 12.3 Å². The van der Waals surface area contributed by atoms with Crippen LogP contribution in [0.25, 0.3) is 0 Å². The molecule has 1 aromatic carbocycles. The number of carbonyl (C=O) groups is 1. The molecule has 0 bridgehead atoms. The van der Waals surface area contributed by atoms with Crippen LogP contribution in [0, 0.1) is 18.3 Å². The lowest BCUT2D eigenvalue weighted by Crippen LogP contribution is -2.46. The Bertz CT molecular complexity index is 619. The molecule has 1 aromatic rings. The molecule has 128 valence electrons. The van der Waals surface area contributed by atoms with E-state index in [0.717, 1.165) is 19.3 Å². The Kier molecular flexibility index (Phi) is 5.58. The second-order valence-electron chi connectivity index (χ2n) is 7.30. The van der Waals surface area contributed by atoms with Crippen LogP contribution in [0.15, 0.2) is 24.3 Å². The standard InChI is InChI=1S/C21H28N2O/c1-3-14-23(20-13-12-17-9-5-6-10-18(17)20)15-21(24)22-19-11-7-4-8-16(19)2/h1,5-6,9-10,16,19-20H,4,7-8,11-15H2,2H3,(H,22,24). The van der Waals surface area contributed by atoms with E-state index >= 15 is 0 Å². The van der Waals surface area contributed by atoms with E-state index in [1.165, 1.54) is 30.4 Å². The third-order valence-electron chi connectivity index (χ3n) is 5.64. The Balaban J connectivity index is 1.64. The van der Waals surface area contributed by atoms with E-state index in [-0.39, 0.29) is 11.9 Å². The van der Waals surface area contributed by atoms with Gasteiger partial charge in [-0.1, -0.05) is 50.0 Å². The molecule has 0 saturated heterocycles. The maximum atomic E-state index is 12.6. The molecule has 2 aliphatic rings. The van der Waals surface area contributed by atoms with Crippen LogP contribution in [0.5, 0.6) is 0 Å². The average Bonchev–Trinajstić information content (AvgIpc) is 3.00. The number of terminal acetylenes is 1. The number of nitrogens with one attached hydrogen (secondary N) is 1. The molecule has 2 aliphatic carbocycles. The Hall–Kier alpha value is -1.79. The smallest absolute Gasteiger partial charge is 0.234 e. The Morgan fingerprint density at radius 2 is 2.08 bits per heavy atom. The summed E-state index contributed by atoms with van der Waals surface area (Å²) in [7, 11) is 0. The highest BCUT2D eigenvalue weighted by Crippen LogP contribution is 2.35. The molecule has 0 radical (unpaired) electrons. The second-order valence-corrected chi connectivity index (χ2v) is 7.30. The normalized spacial score (nSPS) is 26.0. The van der Waals surface area contributed by atoms with Gasteiger partial charge >= 0.3 is 0 Å². The zero-order valence-corrected chi connectivity index (χ0v) is 14.6. The summed E-state index contributed by atoms with van der Waals surface area (Å²) in [5, 5.41) is 3.26. The van der Waals surface area contributed by atoms with Gasteiger partial charge in [0.2, 0.25) is 5.91 Å². The van der Waals surface area contributed by atoms with E-state index < -0.39 is 0 Å². The topological polar surface area (TPSA) is 32.3 Å². The summed E-state index contributed by atoms with van der Waals surface area (Å²) in [4.78, 5) is 14.8. The third kappa shape index (κ3) is 3.82. The number of fused-ring (bicyclic) bond motifs is 1. The summed E-state index contributed by atoms with van der Waals surface area (Å²) >= 11 is 0. The number of amides is 1. The van der Waals surface area contributed by atoms with Crippen molar-refractivity contribution in [3.63, 3.8) is 0 Å². The molecule has 1 fully saturated rings. The van der Waals surface area contributed by atoms with Crippen LogP contribution in [0.4, 0.5) is 0 Å². The lowest BCUT2D eigenvalue weighted by Gasteiger charge is -2.32. The van der Waals surface area contributed by atoms with Crippen molar-refractivity contribution in [2.24, 2.45) is 5.92 Å². The number of aryl methyl sites for hydroxylation is 1. The minimum Gasteiger partial charge on any atom is -0.352 e. The van der Waals surface area contributed by atoms with E-state index in [0.29, 0.717) is 25.0 Å². The number of benzene rings is 1. The molecule has 3 rings (SSSR count). The molecule has 3 atom stereocenters. The van der Waals surface area contributed by atoms with Gasteiger partial charge in [0.05, 0.1) is 13.1 Å². The van der Waals surface area contributed by atoms with Gasteiger partial charge in [0, 0.05) is 12.1 Å². The highest BCUT2D eigenvalue weighted by molar-refractivity contribution is 5.78. The van der Waals surface area contributed by atoms with Gasteiger partial charge in [0.25, 0.3) is 0 Å². The molecule has 0 aliphatic heterocycles. The summed E-state index contributed by atoms with van der Waals surface area (Å²) in [5.74, 6) is 3.44. The predicted molar refractivity (Wildman–Crippen MR) is 97.5 cm³/mol. The van der Waals surface area contributed by atoms with Crippen LogP contribution in [0.1, 0.15) is 56.2 Å². The minimum atomic E-state index is 0.119. The second kappa shape index (κ2) is 7.85. The molecule has 1 saturated carbocycles. The summed E-state index contributed by atoms with van der Waals surface area (Å²) < 4.78 is 0. The Morgan fingerprint density at radius 1 is 1.29 bits per heavy atom. The molecule has 3 heteroatoms. The molecule has 0 spiro atoms. The summed E-state index contributed by atoms with van der Waals surface area (Å²) in [5.41, 5.74) is 2.73. The van der Waals surface area contributed by atoms with Crippen molar-refractivity contribution in [1.82, 2.24) is 10.2 Å². The Morgan fingerprint density at radius 3 is 2.88 bits per heavy atom. The van der Waals surface area contributed by atoms with Crippen LogP contribution >= 0.6 is 0 Å². The van der Waals surface area contributed by atoms with Gasteiger partial charge in [-0.15, -0.1) is 6.42 Å². The van der Waals surface area contributed by atoms with Crippen molar-refractivity contribution in [2.75, 3.05) is 13.1 Å². The molecule has 3 unspecified atom stereocenters. The van der Waals surface area contributed by atoms with Crippen LogP contribution < -0.4 is 5.32 Å². The van der Waals surface area contributed by atoms with E-state index in [1.807, 2.05) is 0 Å². The highest BCUT2D eigenvalue weighted by Gasteiger charge is 2.29. The largest absolute Gasteiger partial charge is 0.352 e. The van der Waals surface area contributed by atoms with Crippen LogP contribution in [0.3, 0.4) is 0 Å². The van der Waals surface area contributed by atoms with Crippen LogP contribution in [-0.4, -0.2) is 29.9 Å². The molecule has 1 N–H and O–H groups in total. The quantitative estimate of drug-likeness (QED) is 0.843. The lowest BCUT2D eigenvalue weighted by atomic mass is 9.86. The Labute approximate surface area is 145 Å². The van der Waals surface area contributed by atoms with E-state index in [1.54, 1.807) is 0 Å². The van der Waals surface area contributed by atoms with Gasteiger partial charge < -0.3 is 5.32 Å². The van der Waals surface area contributed by atoms with Crippen molar-refractivity contribution < 1.29 is 4.79 Å². The molecular weight excluding hydrogens is 296 g/mol. The number of hydrogen-bond donors (Lipinski definition) is 1. The summed E-state index contributed by atoms with van der Waals surface area (Å²) in [6.45, 7) is 3.16. The van der Waals surface area contributed by atoms with Gasteiger partial charge in [-0.2, -0.15) is 0 Å². The van der Waals surface area contributed by atoms with Crippen molar-refractivity contribution in [1.29, 1.82) is 0 Å². The van der Waals surface area contributed by atoms with Gasteiger partial charge in [0.15, 0.2) is 0 Å². The molecular formula is C21H28N2O. The fourth-order valence-electron chi connectivity index (χ4n) is 4.28. The molecule has 0 aromatic heterocycles. The summed E-state index contributed by atoms with van der Waals surface area (Å²) in [6, 6.07) is 9.13. The van der Waals surface area contributed by atoms with E-state index in [9.17, 15) is 4.79 Å². The van der Waals surface area contributed by atoms with E-state index in [2.05, 4.69) is 47.3 Å². The van der Waals surface area contributed by atoms with Crippen LogP contribution in [-0.2, 0) is 11.2 Å². The SMILES string of the molecule is C#CCN(CC(=O)NC1CCCCC1C)C1CCc2ccccc21. The number of carbonyl (C=O) groups excluding carboxylic acids is 1. The summed E-state index contributed by atoms with van der Waals surface area (Å²) in [6.07, 6.45) is 12.5. The van der Waals surface area contributed by atoms with Gasteiger partial charge in [-0.05, 0) is 42.7 Å². The first-order chi connectivity index (χ1) is 11.7. The fraction of sp³-hybridized carbons (Fsp3) is 0.571. The average molecular weight is 324 g/mol. The maximum Gasteiger partial charge on any atom is 0.234 e. The number of rotatable bonds is 5. The number of nitrogens with zero attached hydrogens (tertiary/aromatic N) is 1. The van der Waals surface area contributed by atoms with Gasteiger partial charge in [0.1, 0.15) is 0 Å². The monoisotopic (exact) mass is 324 g/mol. The molecule has 3 nitrogen and oxygen atoms in total. The predicted octanol–water partition coefficient (Wildman–Crippen LogP) is 3.30. The van der Waals surface area contributed by atoms with Crippen LogP contribution in [0.2, 0.25) is 0 Å². The fourth-order valence-corrected chi connectivity index (χ4v) is 4.28. The van der Waals surface area contributed by atoms with Crippen molar-refractivity contribution in [3.05, 3.63) is 35.4 Å². The van der Waals surface area contributed by atoms with Crippen molar-refractivity contribution in [2.45, 2.75) is 57.5 Å². The molecule has 1 amide bonds. The molecule has 0 heterocycles. The maximum absolute atomic E-state index is 12.6. The third-order valence-corrected chi connectivity index (χ3v) is 5.64. The zero-order valence-electron chi connectivity index (χ0n) is 14.6. The first-order valence-electron chi connectivity index (χ1n) is 9.23. The first kappa shape index (κ1) is 17.0. The minimum absolute atomic E-state index is 0.119.